The number of anilines is 1. The Labute approximate surface area is 147 Å². The number of fused-ring (bicyclic) bond motifs is 2. The van der Waals surface area contributed by atoms with Gasteiger partial charge in [-0.2, -0.15) is 0 Å². The first kappa shape index (κ1) is 16.8. The SMILES string of the molecule is COc1cc(NC(=O)C23CC(C)CC(CC(C)C2)C3)ccc1Br. The molecule has 0 saturated heterocycles. The number of ether oxygens (including phenoxy) is 1. The highest BCUT2D eigenvalue weighted by molar-refractivity contribution is 9.10. The molecule has 0 aliphatic heterocycles. The van der Waals surface area contributed by atoms with E-state index in [1.54, 1.807) is 7.11 Å². The Morgan fingerprint density at radius 3 is 2.48 bits per heavy atom. The zero-order valence-electron chi connectivity index (χ0n) is 14.2. The lowest BCUT2D eigenvalue weighted by Crippen LogP contribution is -2.47. The Bertz CT molecular complexity index is 582. The van der Waals surface area contributed by atoms with Crippen LogP contribution in [0.15, 0.2) is 22.7 Å². The summed E-state index contributed by atoms with van der Waals surface area (Å²) in [5.74, 6) is 2.95. The van der Waals surface area contributed by atoms with E-state index in [4.69, 9.17) is 4.74 Å². The van der Waals surface area contributed by atoms with E-state index in [0.717, 1.165) is 35.2 Å². The van der Waals surface area contributed by atoms with Crippen molar-refractivity contribution >= 4 is 27.5 Å². The van der Waals surface area contributed by atoms with E-state index < -0.39 is 0 Å². The minimum atomic E-state index is -0.180. The highest BCUT2D eigenvalue weighted by Gasteiger charge is 2.48. The summed E-state index contributed by atoms with van der Waals surface area (Å²) in [6, 6.07) is 5.73. The second-order valence-corrected chi connectivity index (χ2v) is 8.60. The van der Waals surface area contributed by atoms with Crippen molar-refractivity contribution in [1.82, 2.24) is 0 Å². The van der Waals surface area contributed by atoms with Gasteiger partial charge in [0.15, 0.2) is 0 Å². The molecule has 2 aliphatic rings. The number of hydrogen-bond acceptors (Lipinski definition) is 2. The maximum absolute atomic E-state index is 13.1. The number of methoxy groups -OCH3 is 1. The van der Waals surface area contributed by atoms with E-state index in [0.29, 0.717) is 17.8 Å². The number of carbonyl (C=O) groups excluding carboxylic acids is 1. The number of halogens is 1. The molecule has 3 rings (SSSR count). The Kier molecular flexibility index (Phi) is 4.73. The minimum absolute atomic E-state index is 0.180. The topological polar surface area (TPSA) is 38.3 Å². The van der Waals surface area contributed by atoms with Crippen molar-refractivity contribution in [3.63, 3.8) is 0 Å². The van der Waals surface area contributed by atoms with Crippen LogP contribution in [0.2, 0.25) is 0 Å². The summed E-state index contributed by atoms with van der Waals surface area (Å²) in [6.07, 6.45) is 5.67. The van der Waals surface area contributed by atoms with Gasteiger partial charge in [0.2, 0.25) is 5.91 Å². The van der Waals surface area contributed by atoms with Crippen molar-refractivity contribution in [1.29, 1.82) is 0 Å². The molecule has 0 heterocycles. The molecule has 3 nitrogen and oxygen atoms in total. The molecule has 1 aromatic rings. The lowest BCUT2D eigenvalue weighted by Gasteiger charge is -2.48. The molecule has 1 N–H and O–H groups in total. The Balaban J connectivity index is 1.81. The van der Waals surface area contributed by atoms with Gasteiger partial charge < -0.3 is 10.1 Å². The smallest absolute Gasteiger partial charge is 0.230 e. The molecule has 2 bridgehead atoms. The van der Waals surface area contributed by atoms with E-state index in [2.05, 4.69) is 35.1 Å². The Morgan fingerprint density at radius 1 is 1.22 bits per heavy atom. The number of benzene rings is 1. The third-order valence-electron chi connectivity index (χ3n) is 5.52. The molecule has 1 aromatic carbocycles. The lowest BCUT2D eigenvalue weighted by molar-refractivity contribution is -0.133. The van der Waals surface area contributed by atoms with Crippen LogP contribution >= 0.6 is 15.9 Å². The normalized spacial score (nSPS) is 33.1. The molecular formula is C19H26BrNO2. The van der Waals surface area contributed by atoms with Gasteiger partial charge in [0.1, 0.15) is 5.75 Å². The van der Waals surface area contributed by atoms with Crippen LogP contribution < -0.4 is 10.1 Å². The van der Waals surface area contributed by atoms with Gasteiger partial charge in [-0.05, 0) is 77.9 Å². The highest BCUT2D eigenvalue weighted by atomic mass is 79.9. The summed E-state index contributed by atoms with van der Waals surface area (Å²) in [5.41, 5.74) is 0.637. The fourth-order valence-corrected chi connectivity index (χ4v) is 5.39. The van der Waals surface area contributed by atoms with Gasteiger partial charge in [-0.3, -0.25) is 4.79 Å². The van der Waals surface area contributed by atoms with Gasteiger partial charge in [-0.1, -0.05) is 13.8 Å². The first-order valence-electron chi connectivity index (χ1n) is 8.57. The molecule has 4 heteroatoms. The molecule has 2 atom stereocenters. The maximum atomic E-state index is 13.1. The molecular weight excluding hydrogens is 354 g/mol. The zero-order valence-corrected chi connectivity index (χ0v) is 15.8. The van der Waals surface area contributed by atoms with E-state index in [1.165, 1.54) is 12.8 Å². The van der Waals surface area contributed by atoms with Crippen molar-refractivity contribution in [3.8, 4) is 5.75 Å². The fourth-order valence-electron chi connectivity index (χ4n) is 4.98. The van der Waals surface area contributed by atoms with E-state index in [-0.39, 0.29) is 11.3 Å². The van der Waals surface area contributed by atoms with Crippen molar-refractivity contribution < 1.29 is 9.53 Å². The molecule has 23 heavy (non-hydrogen) atoms. The number of amides is 1. The summed E-state index contributed by atoms with van der Waals surface area (Å²) < 4.78 is 6.23. The average molecular weight is 380 g/mol. The van der Waals surface area contributed by atoms with E-state index in [9.17, 15) is 4.79 Å². The summed E-state index contributed by atoms with van der Waals surface area (Å²) in [7, 11) is 1.64. The molecule has 126 valence electrons. The Morgan fingerprint density at radius 2 is 1.87 bits per heavy atom. The van der Waals surface area contributed by atoms with Crippen LogP contribution in [-0.2, 0) is 4.79 Å². The first-order chi connectivity index (χ1) is 10.9. The number of hydrogen-bond donors (Lipinski definition) is 1. The maximum Gasteiger partial charge on any atom is 0.230 e. The molecule has 2 unspecified atom stereocenters. The summed E-state index contributed by atoms with van der Waals surface area (Å²) in [6.45, 7) is 4.60. The van der Waals surface area contributed by atoms with Crippen LogP contribution in [0.3, 0.4) is 0 Å². The standard InChI is InChI=1S/C19H26BrNO2/c1-12-6-14-7-13(2)10-19(9-12,11-14)18(22)21-15-4-5-16(20)17(8-15)23-3/h4-5,8,12-14H,6-7,9-11H2,1-3H3,(H,21,22). The number of rotatable bonds is 3. The summed E-state index contributed by atoms with van der Waals surface area (Å²) >= 11 is 3.45. The molecule has 0 spiro atoms. The Hall–Kier alpha value is -1.03. The van der Waals surface area contributed by atoms with Crippen molar-refractivity contribution in [2.24, 2.45) is 23.2 Å². The highest BCUT2D eigenvalue weighted by Crippen LogP contribution is 2.53. The predicted molar refractivity (Wildman–Crippen MR) is 96.7 cm³/mol. The molecule has 2 aliphatic carbocycles. The van der Waals surface area contributed by atoms with Crippen LogP contribution in [0.25, 0.3) is 0 Å². The van der Waals surface area contributed by atoms with Crippen LogP contribution in [0.1, 0.15) is 46.0 Å². The third-order valence-corrected chi connectivity index (χ3v) is 6.17. The van der Waals surface area contributed by atoms with Gasteiger partial charge in [-0.25, -0.2) is 0 Å². The number of carbonyl (C=O) groups is 1. The zero-order chi connectivity index (χ0) is 16.6. The van der Waals surface area contributed by atoms with Gasteiger partial charge >= 0.3 is 0 Å². The van der Waals surface area contributed by atoms with Crippen LogP contribution in [-0.4, -0.2) is 13.0 Å². The largest absolute Gasteiger partial charge is 0.495 e. The van der Waals surface area contributed by atoms with Gasteiger partial charge in [0, 0.05) is 11.8 Å². The fraction of sp³-hybridized carbons (Fsp3) is 0.632. The molecule has 1 amide bonds. The first-order valence-corrected chi connectivity index (χ1v) is 9.36. The molecule has 0 radical (unpaired) electrons. The second kappa shape index (κ2) is 6.46. The second-order valence-electron chi connectivity index (χ2n) is 7.74. The summed E-state index contributed by atoms with van der Waals surface area (Å²) in [4.78, 5) is 13.1. The molecule has 2 fully saturated rings. The van der Waals surface area contributed by atoms with Gasteiger partial charge in [-0.15, -0.1) is 0 Å². The number of nitrogens with one attached hydrogen (secondary N) is 1. The van der Waals surface area contributed by atoms with E-state index >= 15 is 0 Å². The van der Waals surface area contributed by atoms with E-state index in [1.807, 2.05) is 18.2 Å². The van der Waals surface area contributed by atoms with Crippen LogP contribution in [0.5, 0.6) is 5.75 Å². The molecule has 0 aromatic heterocycles. The van der Waals surface area contributed by atoms with Crippen molar-refractivity contribution in [2.45, 2.75) is 46.0 Å². The van der Waals surface area contributed by atoms with Gasteiger partial charge in [0.05, 0.1) is 17.0 Å². The predicted octanol–water partition coefficient (Wildman–Crippen LogP) is 5.25. The quantitative estimate of drug-likeness (QED) is 0.778. The average Bonchev–Trinajstić information content (AvgIpc) is 2.47. The van der Waals surface area contributed by atoms with Crippen LogP contribution in [0, 0.1) is 23.2 Å². The minimum Gasteiger partial charge on any atom is -0.495 e. The van der Waals surface area contributed by atoms with Gasteiger partial charge in [0.25, 0.3) is 0 Å². The monoisotopic (exact) mass is 379 g/mol. The van der Waals surface area contributed by atoms with Crippen LogP contribution in [0.4, 0.5) is 5.69 Å². The van der Waals surface area contributed by atoms with Crippen molar-refractivity contribution in [3.05, 3.63) is 22.7 Å². The third kappa shape index (κ3) is 3.42. The summed E-state index contributed by atoms with van der Waals surface area (Å²) in [5, 5.41) is 3.16. The lowest BCUT2D eigenvalue weighted by atomic mass is 9.56. The van der Waals surface area contributed by atoms with Crippen molar-refractivity contribution in [2.75, 3.05) is 12.4 Å². The molecule has 2 saturated carbocycles.